The van der Waals surface area contributed by atoms with E-state index in [0.29, 0.717) is 23.6 Å². The van der Waals surface area contributed by atoms with Crippen molar-refractivity contribution < 1.29 is 18.8 Å². The summed E-state index contributed by atoms with van der Waals surface area (Å²) in [6.07, 6.45) is 0.970. The van der Waals surface area contributed by atoms with E-state index in [9.17, 15) is 4.79 Å². The van der Waals surface area contributed by atoms with Crippen molar-refractivity contribution in [2.75, 3.05) is 13.7 Å². The molecule has 0 aliphatic heterocycles. The van der Waals surface area contributed by atoms with Crippen LogP contribution in [0.2, 0.25) is 0 Å². The van der Waals surface area contributed by atoms with E-state index in [4.69, 9.17) is 14.0 Å². The number of nitrogens with zero attached hydrogens (tertiary/aromatic N) is 1. The summed E-state index contributed by atoms with van der Waals surface area (Å²) in [5, 5.41) is 4.10. The van der Waals surface area contributed by atoms with Gasteiger partial charge in [0.25, 0.3) is 0 Å². The molecule has 0 saturated heterocycles. The van der Waals surface area contributed by atoms with Gasteiger partial charge in [0, 0.05) is 17.2 Å². The molecule has 0 aliphatic rings. The average Bonchev–Trinajstić information content (AvgIpc) is 3.16. The van der Waals surface area contributed by atoms with E-state index in [0.717, 1.165) is 23.3 Å². The molecule has 0 spiro atoms. The molecule has 1 aromatic heterocycles. The fourth-order valence-corrected chi connectivity index (χ4v) is 2.41. The van der Waals surface area contributed by atoms with Gasteiger partial charge in [-0.1, -0.05) is 24.2 Å². The normalized spacial score (nSPS) is 10.5. The predicted octanol–water partition coefficient (Wildman–Crippen LogP) is 4.58. The van der Waals surface area contributed by atoms with Gasteiger partial charge in [0.1, 0.15) is 11.4 Å². The zero-order valence-electron chi connectivity index (χ0n) is 14.2. The minimum absolute atomic E-state index is 0.381. The minimum Gasteiger partial charge on any atom is -0.494 e. The average molecular weight is 337 g/mol. The van der Waals surface area contributed by atoms with Crippen LogP contribution in [0.15, 0.2) is 59.1 Å². The van der Waals surface area contributed by atoms with Crippen molar-refractivity contribution >= 4 is 5.97 Å². The van der Waals surface area contributed by atoms with Crippen molar-refractivity contribution in [3.63, 3.8) is 0 Å². The number of methoxy groups -OCH3 is 1. The summed E-state index contributed by atoms with van der Waals surface area (Å²) in [7, 11) is 1.36. The van der Waals surface area contributed by atoms with E-state index in [1.165, 1.54) is 7.11 Å². The number of benzene rings is 2. The molecule has 0 aliphatic carbocycles. The standard InChI is InChI=1S/C20H19NO4/c1-3-11-24-17-9-7-14(8-10-17)19-13-18(21-25-19)15-5-4-6-16(12-15)20(22)23-2/h4-10,12-13H,3,11H2,1-2H3. The summed E-state index contributed by atoms with van der Waals surface area (Å²) in [6, 6.07) is 16.6. The van der Waals surface area contributed by atoms with Crippen LogP contribution in [0.4, 0.5) is 0 Å². The van der Waals surface area contributed by atoms with Crippen molar-refractivity contribution in [3.8, 4) is 28.3 Å². The summed E-state index contributed by atoms with van der Waals surface area (Å²) < 4.78 is 15.8. The Hall–Kier alpha value is -3.08. The predicted molar refractivity (Wildman–Crippen MR) is 94.5 cm³/mol. The number of aromatic nitrogens is 1. The summed E-state index contributed by atoms with van der Waals surface area (Å²) in [4.78, 5) is 11.7. The number of carbonyl (C=O) groups is 1. The molecule has 0 atom stereocenters. The summed E-state index contributed by atoms with van der Waals surface area (Å²) >= 11 is 0. The van der Waals surface area contributed by atoms with Crippen molar-refractivity contribution in [1.29, 1.82) is 0 Å². The first kappa shape index (κ1) is 16.8. The summed E-state index contributed by atoms with van der Waals surface area (Å²) in [5.41, 5.74) is 2.83. The molecule has 128 valence electrons. The van der Waals surface area contributed by atoms with Crippen LogP contribution in [0.5, 0.6) is 5.75 Å². The van der Waals surface area contributed by atoms with Gasteiger partial charge < -0.3 is 14.0 Å². The van der Waals surface area contributed by atoms with Crippen LogP contribution < -0.4 is 4.74 Å². The third-order valence-electron chi connectivity index (χ3n) is 3.70. The molecule has 5 nitrogen and oxygen atoms in total. The lowest BCUT2D eigenvalue weighted by Crippen LogP contribution is -2.00. The number of ether oxygens (including phenoxy) is 2. The molecule has 1 heterocycles. The highest BCUT2D eigenvalue weighted by atomic mass is 16.5. The quantitative estimate of drug-likeness (QED) is 0.616. The molecule has 2 aromatic carbocycles. The number of rotatable bonds is 6. The topological polar surface area (TPSA) is 61.6 Å². The molecule has 3 rings (SSSR count). The number of hydrogen-bond acceptors (Lipinski definition) is 5. The molecule has 0 unspecified atom stereocenters. The molecule has 0 bridgehead atoms. The molecule has 0 fully saturated rings. The first-order chi connectivity index (χ1) is 12.2. The lowest BCUT2D eigenvalue weighted by Gasteiger charge is -2.04. The maximum absolute atomic E-state index is 11.7. The van der Waals surface area contributed by atoms with Crippen molar-refractivity contribution in [1.82, 2.24) is 5.16 Å². The number of esters is 1. The first-order valence-corrected chi connectivity index (χ1v) is 8.10. The van der Waals surface area contributed by atoms with Crippen LogP contribution in [0.3, 0.4) is 0 Å². The van der Waals surface area contributed by atoms with Gasteiger partial charge in [0.05, 0.1) is 19.3 Å². The molecular weight excluding hydrogens is 318 g/mol. The number of hydrogen-bond donors (Lipinski definition) is 0. The lowest BCUT2D eigenvalue weighted by molar-refractivity contribution is 0.0601. The van der Waals surface area contributed by atoms with E-state index in [1.807, 2.05) is 36.4 Å². The maximum Gasteiger partial charge on any atom is 0.337 e. The van der Waals surface area contributed by atoms with Crippen LogP contribution in [-0.4, -0.2) is 24.8 Å². The van der Waals surface area contributed by atoms with Gasteiger partial charge in [-0.25, -0.2) is 4.79 Å². The smallest absolute Gasteiger partial charge is 0.337 e. The Morgan fingerprint density at radius 3 is 2.60 bits per heavy atom. The third-order valence-corrected chi connectivity index (χ3v) is 3.70. The highest BCUT2D eigenvalue weighted by Gasteiger charge is 2.11. The van der Waals surface area contributed by atoms with Gasteiger partial charge in [-0.2, -0.15) is 0 Å². The van der Waals surface area contributed by atoms with Crippen LogP contribution in [0, 0.1) is 0 Å². The molecule has 0 N–H and O–H groups in total. The zero-order chi connectivity index (χ0) is 17.6. The Kier molecular flexibility index (Phi) is 5.14. The fraction of sp³-hybridized carbons (Fsp3) is 0.200. The molecule has 5 heteroatoms. The second kappa shape index (κ2) is 7.66. The largest absolute Gasteiger partial charge is 0.494 e. The second-order valence-corrected chi connectivity index (χ2v) is 5.52. The zero-order valence-corrected chi connectivity index (χ0v) is 14.2. The van der Waals surface area contributed by atoms with Gasteiger partial charge in [0.15, 0.2) is 5.76 Å². The lowest BCUT2D eigenvalue weighted by atomic mass is 10.1. The van der Waals surface area contributed by atoms with Gasteiger partial charge in [-0.3, -0.25) is 0 Å². The van der Waals surface area contributed by atoms with Gasteiger partial charge in [-0.05, 0) is 42.8 Å². The van der Waals surface area contributed by atoms with Crippen molar-refractivity contribution in [2.24, 2.45) is 0 Å². The minimum atomic E-state index is -0.381. The fourth-order valence-electron chi connectivity index (χ4n) is 2.41. The van der Waals surface area contributed by atoms with E-state index >= 15 is 0 Å². The Balaban J connectivity index is 1.81. The second-order valence-electron chi connectivity index (χ2n) is 5.52. The van der Waals surface area contributed by atoms with Crippen molar-refractivity contribution in [3.05, 3.63) is 60.2 Å². The summed E-state index contributed by atoms with van der Waals surface area (Å²) in [5.74, 6) is 1.10. The molecule has 0 saturated carbocycles. The monoisotopic (exact) mass is 337 g/mol. The molecule has 0 radical (unpaired) electrons. The van der Waals surface area contributed by atoms with Crippen LogP contribution in [0.25, 0.3) is 22.6 Å². The molecule has 0 amide bonds. The molecule has 3 aromatic rings. The van der Waals surface area contributed by atoms with Gasteiger partial charge in [-0.15, -0.1) is 0 Å². The van der Waals surface area contributed by atoms with Gasteiger partial charge >= 0.3 is 5.97 Å². The van der Waals surface area contributed by atoms with E-state index in [-0.39, 0.29) is 5.97 Å². The number of carbonyl (C=O) groups excluding carboxylic acids is 1. The van der Waals surface area contributed by atoms with E-state index < -0.39 is 0 Å². The van der Waals surface area contributed by atoms with Crippen LogP contribution in [0.1, 0.15) is 23.7 Å². The SMILES string of the molecule is CCCOc1ccc(-c2cc(-c3cccc(C(=O)OC)c3)no2)cc1. The molecule has 25 heavy (non-hydrogen) atoms. The van der Waals surface area contributed by atoms with Gasteiger partial charge in [0.2, 0.25) is 0 Å². The summed E-state index contributed by atoms with van der Waals surface area (Å²) in [6.45, 7) is 2.77. The molecular formula is C20H19NO4. The van der Waals surface area contributed by atoms with Crippen LogP contribution in [-0.2, 0) is 4.74 Å². The first-order valence-electron chi connectivity index (χ1n) is 8.10. The van der Waals surface area contributed by atoms with E-state index in [2.05, 4.69) is 12.1 Å². The van der Waals surface area contributed by atoms with Crippen LogP contribution >= 0.6 is 0 Å². The van der Waals surface area contributed by atoms with Crippen molar-refractivity contribution in [2.45, 2.75) is 13.3 Å². The maximum atomic E-state index is 11.7. The Bertz CT molecular complexity index is 852. The highest BCUT2D eigenvalue weighted by molar-refractivity contribution is 5.90. The Morgan fingerprint density at radius 2 is 1.88 bits per heavy atom. The Labute approximate surface area is 146 Å². The third kappa shape index (κ3) is 3.88. The highest BCUT2D eigenvalue weighted by Crippen LogP contribution is 2.28. The Morgan fingerprint density at radius 1 is 1.08 bits per heavy atom. The van der Waals surface area contributed by atoms with E-state index in [1.54, 1.807) is 18.2 Å².